The molecule has 1 aromatic carbocycles. The summed E-state index contributed by atoms with van der Waals surface area (Å²) in [5.74, 6) is -0.450. The van der Waals surface area contributed by atoms with Crippen molar-refractivity contribution < 1.29 is 14.3 Å². The Kier molecular flexibility index (Phi) is 5.32. The standard InChI is InChI=1S/C15H14ClN3O3/c1-22-14(20)10-6-7-17-13(8-10)9-18-15(21)19-12-4-2-11(16)3-5-12/h2-8H,9H2,1H3,(H2,18,19,21). The number of urea groups is 1. The number of hydrogen-bond acceptors (Lipinski definition) is 4. The average Bonchev–Trinajstić information content (AvgIpc) is 2.54. The van der Waals surface area contributed by atoms with Gasteiger partial charge in [0.15, 0.2) is 0 Å². The maximum Gasteiger partial charge on any atom is 0.337 e. The van der Waals surface area contributed by atoms with Crippen LogP contribution in [0.5, 0.6) is 0 Å². The highest BCUT2D eigenvalue weighted by molar-refractivity contribution is 6.30. The number of nitrogens with one attached hydrogen (secondary N) is 2. The quantitative estimate of drug-likeness (QED) is 0.849. The molecule has 0 saturated carbocycles. The molecule has 0 atom stereocenters. The number of anilines is 1. The molecule has 0 unspecified atom stereocenters. The number of carbonyl (C=O) groups excluding carboxylic acids is 2. The molecule has 1 aromatic heterocycles. The summed E-state index contributed by atoms with van der Waals surface area (Å²) in [6.45, 7) is 0.185. The lowest BCUT2D eigenvalue weighted by atomic mass is 10.2. The Hall–Kier alpha value is -2.60. The van der Waals surface area contributed by atoms with Crippen LogP contribution in [0.15, 0.2) is 42.6 Å². The summed E-state index contributed by atoms with van der Waals surface area (Å²) in [6.07, 6.45) is 1.49. The zero-order valence-corrected chi connectivity index (χ0v) is 12.6. The van der Waals surface area contributed by atoms with Crippen molar-refractivity contribution in [1.82, 2.24) is 10.3 Å². The monoisotopic (exact) mass is 319 g/mol. The Morgan fingerprint density at radius 3 is 2.64 bits per heavy atom. The van der Waals surface area contributed by atoms with Gasteiger partial charge in [-0.25, -0.2) is 9.59 Å². The Labute approximate surface area is 132 Å². The fourth-order valence-electron chi connectivity index (χ4n) is 1.70. The van der Waals surface area contributed by atoms with Gasteiger partial charge >= 0.3 is 12.0 Å². The number of halogens is 1. The van der Waals surface area contributed by atoms with Gasteiger partial charge in [0.1, 0.15) is 0 Å². The average molecular weight is 320 g/mol. The zero-order chi connectivity index (χ0) is 15.9. The van der Waals surface area contributed by atoms with Gasteiger partial charge in [0.05, 0.1) is 24.9 Å². The molecule has 0 bridgehead atoms. The second-order valence-electron chi connectivity index (χ2n) is 4.34. The Morgan fingerprint density at radius 1 is 1.23 bits per heavy atom. The van der Waals surface area contributed by atoms with Crippen LogP contribution in [-0.2, 0) is 11.3 Å². The SMILES string of the molecule is COC(=O)c1ccnc(CNC(=O)Nc2ccc(Cl)cc2)c1. The van der Waals surface area contributed by atoms with Gasteiger partial charge < -0.3 is 15.4 Å². The van der Waals surface area contributed by atoms with Crippen LogP contribution >= 0.6 is 11.6 Å². The molecule has 2 amide bonds. The minimum Gasteiger partial charge on any atom is -0.465 e. The van der Waals surface area contributed by atoms with Crippen LogP contribution in [0, 0.1) is 0 Å². The third-order valence-corrected chi connectivity index (χ3v) is 3.02. The van der Waals surface area contributed by atoms with Crippen LogP contribution in [0.2, 0.25) is 5.02 Å². The molecule has 114 valence electrons. The molecule has 7 heteroatoms. The van der Waals surface area contributed by atoms with Crippen molar-refractivity contribution >= 4 is 29.3 Å². The van der Waals surface area contributed by atoms with E-state index in [1.54, 1.807) is 36.4 Å². The van der Waals surface area contributed by atoms with Crippen LogP contribution in [0.3, 0.4) is 0 Å². The predicted molar refractivity (Wildman–Crippen MR) is 82.9 cm³/mol. The van der Waals surface area contributed by atoms with Crippen LogP contribution in [0.1, 0.15) is 16.1 Å². The van der Waals surface area contributed by atoms with E-state index in [1.165, 1.54) is 13.3 Å². The van der Waals surface area contributed by atoms with Crippen LogP contribution in [-0.4, -0.2) is 24.1 Å². The number of ether oxygens (including phenoxy) is 1. The number of esters is 1. The van der Waals surface area contributed by atoms with E-state index < -0.39 is 5.97 Å². The molecule has 0 aliphatic carbocycles. The number of methoxy groups -OCH3 is 1. The number of amides is 2. The summed E-state index contributed by atoms with van der Waals surface area (Å²) in [6, 6.07) is 9.47. The number of benzene rings is 1. The second-order valence-corrected chi connectivity index (χ2v) is 4.78. The van der Waals surface area contributed by atoms with Crippen molar-refractivity contribution in [2.24, 2.45) is 0 Å². The van der Waals surface area contributed by atoms with Gasteiger partial charge in [-0.15, -0.1) is 0 Å². The molecule has 0 aliphatic rings. The summed E-state index contributed by atoms with van der Waals surface area (Å²) < 4.78 is 4.63. The number of nitrogens with zero attached hydrogens (tertiary/aromatic N) is 1. The lowest BCUT2D eigenvalue weighted by molar-refractivity contribution is 0.0600. The van der Waals surface area contributed by atoms with Crippen molar-refractivity contribution in [3.8, 4) is 0 Å². The molecule has 2 N–H and O–H groups in total. The van der Waals surface area contributed by atoms with Gasteiger partial charge in [-0.2, -0.15) is 0 Å². The summed E-state index contributed by atoms with van der Waals surface area (Å²) in [4.78, 5) is 27.3. The molecule has 0 spiro atoms. The van der Waals surface area contributed by atoms with Crippen molar-refractivity contribution in [3.63, 3.8) is 0 Å². The summed E-state index contributed by atoms with van der Waals surface area (Å²) >= 11 is 5.77. The normalized spacial score (nSPS) is 9.91. The highest BCUT2D eigenvalue weighted by Gasteiger charge is 2.07. The topological polar surface area (TPSA) is 80.3 Å². The van der Waals surface area contributed by atoms with Crippen molar-refractivity contribution in [2.45, 2.75) is 6.54 Å². The van der Waals surface area contributed by atoms with Crippen molar-refractivity contribution in [2.75, 3.05) is 12.4 Å². The third kappa shape index (κ3) is 4.46. The zero-order valence-electron chi connectivity index (χ0n) is 11.8. The smallest absolute Gasteiger partial charge is 0.337 e. The van der Waals surface area contributed by atoms with Crippen LogP contribution in [0.25, 0.3) is 0 Å². The molecule has 0 fully saturated rings. The molecule has 0 radical (unpaired) electrons. The van der Waals surface area contributed by atoms with Gasteiger partial charge in [0.25, 0.3) is 0 Å². The molecule has 0 saturated heterocycles. The van der Waals surface area contributed by atoms with Gasteiger partial charge in [-0.05, 0) is 36.4 Å². The molecule has 2 aromatic rings. The third-order valence-electron chi connectivity index (χ3n) is 2.77. The molecule has 6 nitrogen and oxygen atoms in total. The Morgan fingerprint density at radius 2 is 1.95 bits per heavy atom. The Balaban J connectivity index is 1.91. The number of pyridine rings is 1. The van der Waals surface area contributed by atoms with E-state index in [0.717, 1.165) is 0 Å². The van der Waals surface area contributed by atoms with Crippen molar-refractivity contribution in [3.05, 3.63) is 58.9 Å². The van der Waals surface area contributed by atoms with Gasteiger partial charge in [-0.3, -0.25) is 4.98 Å². The first-order chi connectivity index (χ1) is 10.6. The van der Waals surface area contributed by atoms with E-state index in [2.05, 4.69) is 20.4 Å². The molecular weight excluding hydrogens is 306 g/mol. The van der Waals surface area contributed by atoms with E-state index in [0.29, 0.717) is 22.0 Å². The maximum atomic E-state index is 11.8. The minimum atomic E-state index is -0.450. The highest BCUT2D eigenvalue weighted by Crippen LogP contribution is 2.13. The molecule has 22 heavy (non-hydrogen) atoms. The second kappa shape index (κ2) is 7.42. The van der Waals surface area contributed by atoms with Gasteiger partial charge in [-0.1, -0.05) is 11.6 Å². The lowest BCUT2D eigenvalue weighted by Gasteiger charge is -2.08. The maximum absolute atomic E-state index is 11.8. The first-order valence-corrected chi connectivity index (χ1v) is 6.80. The number of carbonyl (C=O) groups is 2. The molecule has 2 rings (SSSR count). The van der Waals surface area contributed by atoms with E-state index in [1.807, 2.05) is 0 Å². The highest BCUT2D eigenvalue weighted by atomic mass is 35.5. The number of aromatic nitrogens is 1. The van der Waals surface area contributed by atoms with E-state index in [4.69, 9.17) is 11.6 Å². The summed E-state index contributed by atoms with van der Waals surface area (Å²) in [7, 11) is 1.31. The van der Waals surface area contributed by atoms with Crippen molar-refractivity contribution in [1.29, 1.82) is 0 Å². The number of rotatable bonds is 4. The first-order valence-electron chi connectivity index (χ1n) is 6.42. The first kappa shape index (κ1) is 15.8. The number of hydrogen-bond donors (Lipinski definition) is 2. The largest absolute Gasteiger partial charge is 0.465 e. The minimum absolute atomic E-state index is 0.185. The Bertz CT molecular complexity index is 674. The summed E-state index contributed by atoms with van der Waals surface area (Å²) in [5, 5.41) is 5.90. The molecular formula is C15H14ClN3O3. The van der Waals surface area contributed by atoms with Crippen LogP contribution in [0.4, 0.5) is 10.5 Å². The van der Waals surface area contributed by atoms with E-state index in [9.17, 15) is 9.59 Å². The fraction of sp³-hybridized carbons (Fsp3) is 0.133. The predicted octanol–water partition coefficient (Wildman–Crippen LogP) is 2.84. The van der Waals surface area contributed by atoms with Gasteiger partial charge in [0, 0.05) is 16.9 Å². The fourth-order valence-corrected chi connectivity index (χ4v) is 1.83. The van der Waals surface area contributed by atoms with Gasteiger partial charge in [0.2, 0.25) is 0 Å². The molecule has 1 heterocycles. The van der Waals surface area contributed by atoms with E-state index >= 15 is 0 Å². The lowest BCUT2D eigenvalue weighted by Crippen LogP contribution is -2.28. The summed E-state index contributed by atoms with van der Waals surface area (Å²) in [5.41, 5.74) is 1.56. The van der Waals surface area contributed by atoms with E-state index in [-0.39, 0.29) is 12.6 Å². The molecule has 0 aliphatic heterocycles. The van der Waals surface area contributed by atoms with Crippen LogP contribution < -0.4 is 10.6 Å².